The second kappa shape index (κ2) is 9.34. The van der Waals surface area contributed by atoms with E-state index in [2.05, 4.69) is 10.1 Å². The van der Waals surface area contributed by atoms with Gasteiger partial charge in [-0.2, -0.15) is 4.98 Å². The molecule has 0 radical (unpaired) electrons. The fraction of sp³-hybridized carbons (Fsp3) is 0.261. The van der Waals surface area contributed by atoms with E-state index in [1.807, 2.05) is 58.3 Å². The fourth-order valence-electron chi connectivity index (χ4n) is 3.40. The molecule has 1 aliphatic rings. The smallest absolute Gasteiger partial charge is 0.324 e. The summed E-state index contributed by atoms with van der Waals surface area (Å²) in [5, 5.41) is 4.07. The summed E-state index contributed by atoms with van der Waals surface area (Å²) >= 11 is 0. The molecule has 160 valence electrons. The molecule has 1 saturated heterocycles. The van der Waals surface area contributed by atoms with E-state index in [0.29, 0.717) is 49.5 Å². The Labute approximate surface area is 180 Å². The average Bonchev–Trinajstić information content (AvgIpc) is 3.33. The van der Waals surface area contributed by atoms with Crippen molar-refractivity contribution in [1.82, 2.24) is 15.0 Å². The van der Waals surface area contributed by atoms with Gasteiger partial charge in [-0.25, -0.2) is 0 Å². The van der Waals surface area contributed by atoms with Crippen LogP contribution in [0, 0.1) is 0 Å². The van der Waals surface area contributed by atoms with Crippen molar-refractivity contribution in [3.8, 4) is 22.9 Å². The maximum Gasteiger partial charge on any atom is 0.324 e. The zero-order valence-electron chi connectivity index (χ0n) is 17.5. The zero-order chi connectivity index (χ0) is 21.6. The van der Waals surface area contributed by atoms with Crippen molar-refractivity contribution in [1.29, 1.82) is 0 Å². The summed E-state index contributed by atoms with van der Waals surface area (Å²) in [7, 11) is 3.18. The van der Waals surface area contributed by atoms with Gasteiger partial charge in [-0.15, -0.1) is 0 Å². The lowest BCUT2D eigenvalue weighted by Crippen LogP contribution is -2.48. The minimum absolute atomic E-state index is 0.0371. The lowest BCUT2D eigenvalue weighted by molar-refractivity contribution is -0.126. The van der Waals surface area contributed by atoms with Crippen LogP contribution in [0.3, 0.4) is 0 Å². The molecule has 1 amide bonds. The Morgan fingerprint density at radius 2 is 1.74 bits per heavy atom. The first kappa shape index (κ1) is 20.5. The van der Waals surface area contributed by atoms with Crippen molar-refractivity contribution in [2.24, 2.45) is 0 Å². The van der Waals surface area contributed by atoms with Crippen LogP contribution in [-0.4, -0.2) is 61.3 Å². The summed E-state index contributed by atoms with van der Waals surface area (Å²) in [5.41, 5.74) is 1.77. The zero-order valence-corrected chi connectivity index (χ0v) is 17.5. The van der Waals surface area contributed by atoms with Crippen molar-refractivity contribution in [2.45, 2.75) is 0 Å². The minimum atomic E-state index is -0.0371. The van der Waals surface area contributed by atoms with E-state index in [4.69, 9.17) is 14.0 Å². The van der Waals surface area contributed by atoms with Gasteiger partial charge in [-0.05, 0) is 23.8 Å². The largest absolute Gasteiger partial charge is 0.493 e. The number of hydrogen-bond acceptors (Lipinski definition) is 7. The molecule has 1 aliphatic heterocycles. The van der Waals surface area contributed by atoms with E-state index in [9.17, 15) is 4.79 Å². The third-order valence-corrected chi connectivity index (χ3v) is 5.14. The Morgan fingerprint density at radius 1 is 1.00 bits per heavy atom. The van der Waals surface area contributed by atoms with Crippen LogP contribution < -0.4 is 14.4 Å². The first-order valence-electron chi connectivity index (χ1n) is 10.0. The summed E-state index contributed by atoms with van der Waals surface area (Å²) in [6.07, 6.45) is 3.36. The molecule has 2 heterocycles. The number of piperazine rings is 1. The lowest BCUT2D eigenvalue weighted by Gasteiger charge is -2.32. The number of ether oxygens (including phenoxy) is 2. The van der Waals surface area contributed by atoms with E-state index >= 15 is 0 Å². The van der Waals surface area contributed by atoms with Gasteiger partial charge >= 0.3 is 6.01 Å². The number of carbonyl (C=O) groups excluding carboxylic acids is 1. The Hall–Kier alpha value is -3.81. The molecular formula is C23H24N4O4. The van der Waals surface area contributed by atoms with Crippen LogP contribution in [0.1, 0.15) is 5.56 Å². The highest BCUT2D eigenvalue weighted by molar-refractivity contribution is 5.92. The molecule has 1 aromatic heterocycles. The number of anilines is 1. The summed E-state index contributed by atoms with van der Waals surface area (Å²) in [5.74, 6) is 1.80. The molecule has 0 bridgehead atoms. The summed E-state index contributed by atoms with van der Waals surface area (Å²) in [6.45, 7) is 2.43. The van der Waals surface area contributed by atoms with Crippen molar-refractivity contribution in [2.75, 3.05) is 45.3 Å². The fourth-order valence-corrected chi connectivity index (χ4v) is 3.40. The number of benzene rings is 2. The van der Waals surface area contributed by atoms with Crippen LogP contribution in [0.25, 0.3) is 17.5 Å². The predicted octanol–water partition coefficient (Wildman–Crippen LogP) is 3.12. The second-order valence-corrected chi connectivity index (χ2v) is 7.03. The van der Waals surface area contributed by atoms with Crippen LogP contribution in [0.15, 0.2) is 59.1 Å². The van der Waals surface area contributed by atoms with Gasteiger partial charge in [-0.1, -0.05) is 41.6 Å². The Morgan fingerprint density at radius 3 is 2.45 bits per heavy atom. The Bertz CT molecular complexity index is 1060. The van der Waals surface area contributed by atoms with Gasteiger partial charge in [0.1, 0.15) is 0 Å². The molecule has 8 heteroatoms. The highest BCUT2D eigenvalue weighted by atomic mass is 16.5. The molecular weight excluding hydrogens is 396 g/mol. The van der Waals surface area contributed by atoms with Crippen molar-refractivity contribution < 1.29 is 18.8 Å². The SMILES string of the molecule is COc1ccc(/C=C/C(=O)N2CCN(c3nc(-c4ccccc4)no3)CC2)cc1OC. The molecule has 1 fully saturated rings. The van der Waals surface area contributed by atoms with E-state index in [0.717, 1.165) is 11.1 Å². The molecule has 0 N–H and O–H groups in total. The molecule has 31 heavy (non-hydrogen) atoms. The Kier molecular flexibility index (Phi) is 6.16. The van der Waals surface area contributed by atoms with Gasteiger partial charge in [0, 0.05) is 37.8 Å². The standard InChI is InChI=1S/C23H24N4O4/c1-29-19-10-8-17(16-20(19)30-2)9-11-21(28)26-12-14-27(15-13-26)23-24-22(25-31-23)18-6-4-3-5-7-18/h3-11,16H,12-15H2,1-2H3/b11-9+. The summed E-state index contributed by atoms with van der Waals surface area (Å²) in [6, 6.07) is 15.7. The van der Waals surface area contributed by atoms with E-state index in [1.54, 1.807) is 26.4 Å². The van der Waals surface area contributed by atoms with Crippen LogP contribution in [0.2, 0.25) is 0 Å². The minimum Gasteiger partial charge on any atom is -0.493 e. The summed E-state index contributed by atoms with van der Waals surface area (Å²) < 4.78 is 16.0. The molecule has 8 nitrogen and oxygen atoms in total. The van der Waals surface area contributed by atoms with Gasteiger partial charge in [0.25, 0.3) is 0 Å². The summed E-state index contributed by atoms with van der Waals surface area (Å²) in [4.78, 5) is 20.9. The predicted molar refractivity (Wildman–Crippen MR) is 117 cm³/mol. The van der Waals surface area contributed by atoms with Gasteiger partial charge in [0.05, 0.1) is 14.2 Å². The second-order valence-electron chi connectivity index (χ2n) is 7.03. The maximum atomic E-state index is 12.6. The van der Waals surface area contributed by atoms with Crippen LogP contribution in [0.4, 0.5) is 6.01 Å². The topological polar surface area (TPSA) is 80.9 Å². The molecule has 0 saturated carbocycles. The Balaban J connectivity index is 1.34. The molecule has 2 aromatic carbocycles. The first-order chi connectivity index (χ1) is 15.2. The van der Waals surface area contributed by atoms with Crippen molar-refractivity contribution >= 4 is 18.0 Å². The molecule has 0 spiro atoms. The number of hydrogen-bond donors (Lipinski definition) is 0. The highest BCUT2D eigenvalue weighted by Gasteiger charge is 2.23. The molecule has 0 aliphatic carbocycles. The van der Waals surface area contributed by atoms with Crippen molar-refractivity contribution in [3.63, 3.8) is 0 Å². The monoisotopic (exact) mass is 420 g/mol. The van der Waals surface area contributed by atoms with E-state index < -0.39 is 0 Å². The van der Waals surface area contributed by atoms with Gasteiger partial charge in [0.15, 0.2) is 11.5 Å². The van der Waals surface area contributed by atoms with Crippen LogP contribution in [0.5, 0.6) is 11.5 Å². The normalized spacial score (nSPS) is 14.1. The third kappa shape index (κ3) is 4.69. The molecule has 0 atom stereocenters. The maximum absolute atomic E-state index is 12.6. The number of aromatic nitrogens is 2. The van der Waals surface area contributed by atoms with Crippen LogP contribution in [-0.2, 0) is 4.79 Å². The van der Waals surface area contributed by atoms with Gasteiger partial charge in [-0.3, -0.25) is 4.79 Å². The lowest BCUT2D eigenvalue weighted by atomic mass is 10.2. The average molecular weight is 420 g/mol. The number of rotatable bonds is 6. The third-order valence-electron chi connectivity index (χ3n) is 5.14. The molecule has 3 aromatic rings. The number of amides is 1. The van der Waals surface area contributed by atoms with Crippen molar-refractivity contribution in [3.05, 3.63) is 60.2 Å². The van der Waals surface area contributed by atoms with Crippen LogP contribution >= 0.6 is 0 Å². The first-order valence-corrected chi connectivity index (χ1v) is 10.0. The molecule has 4 rings (SSSR count). The molecule has 0 unspecified atom stereocenters. The quantitative estimate of drug-likeness (QED) is 0.567. The van der Waals surface area contributed by atoms with E-state index in [1.165, 1.54) is 0 Å². The number of nitrogens with zero attached hydrogens (tertiary/aromatic N) is 4. The number of carbonyl (C=O) groups is 1. The van der Waals surface area contributed by atoms with E-state index in [-0.39, 0.29) is 5.91 Å². The number of methoxy groups -OCH3 is 2. The highest BCUT2D eigenvalue weighted by Crippen LogP contribution is 2.28. The van der Waals surface area contributed by atoms with Gasteiger partial charge in [0.2, 0.25) is 11.7 Å². The van der Waals surface area contributed by atoms with Gasteiger partial charge < -0.3 is 23.8 Å².